The largest absolute Gasteiger partial charge is 0.349 e. The van der Waals surface area contributed by atoms with Gasteiger partial charge in [0.15, 0.2) is 0 Å². The molecule has 1 aliphatic carbocycles. The van der Waals surface area contributed by atoms with E-state index in [1.165, 1.54) is 6.07 Å². The second kappa shape index (κ2) is 4.22. The van der Waals surface area contributed by atoms with Crippen LogP contribution in [0.5, 0.6) is 0 Å². The van der Waals surface area contributed by atoms with Gasteiger partial charge in [-0.25, -0.2) is 4.39 Å². The van der Waals surface area contributed by atoms with Crippen LogP contribution in [0.15, 0.2) is 18.2 Å². The fourth-order valence-electron chi connectivity index (χ4n) is 1.86. The van der Waals surface area contributed by atoms with E-state index in [0.29, 0.717) is 0 Å². The van der Waals surface area contributed by atoms with Crippen molar-refractivity contribution < 1.29 is 9.18 Å². The Labute approximate surface area is 93.8 Å². The van der Waals surface area contributed by atoms with Crippen molar-refractivity contribution in [3.63, 3.8) is 0 Å². The first kappa shape index (κ1) is 11.1. The molecule has 0 aliphatic heterocycles. The van der Waals surface area contributed by atoms with Gasteiger partial charge in [-0.2, -0.15) is 0 Å². The zero-order valence-electron chi connectivity index (χ0n) is 9.16. The van der Waals surface area contributed by atoms with Crippen LogP contribution in [0.25, 0.3) is 0 Å². The number of rotatable bonds is 2. The van der Waals surface area contributed by atoms with Crippen molar-refractivity contribution in [2.45, 2.75) is 31.8 Å². The average molecular weight is 222 g/mol. The van der Waals surface area contributed by atoms with Crippen LogP contribution in [-0.2, 0) is 0 Å². The maximum atomic E-state index is 13.4. The van der Waals surface area contributed by atoms with Gasteiger partial charge in [0.1, 0.15) is 5.82 Å². The Hall–Kier alpha value is -1.42. The smallest absolute Gasteiger partial charge is 0.254 e. The van der Waals surface area contributed by atoms with Crippen molar-refractivity contribution in [1.29, 1.82) is 0 Å². The molecule has 1 aromatic carbocycles. The second-order valence-electron chi connectivity index (χ2n) is 4.39. The maximum Gasteiger partial charge on any atom is 0.254 e. The minimum Gasteiger partial charge on any atom is -0.349 e. The van der Waals surface area contributed by atoms with Crippen LogP contribution < -0.4 is 11.1 Å². The lowest BCUT2D eigenvalue weighted by Gasteiger charge is -2.33. The molecule has 4 heteroatoms. The van der Waals surface area contributed by atoms with Crippen LogP contribution in [0.3, 0.4) is 0 Å². The van der Waals surface area contributed by atoms with Crippen LogP contribution in [0, 0.1) is 12.7 Å². The Kier molecular flexibility index (Phi) is 2.92. The monoisotopic (exact) mass is 222 g/mol. The summed E-state index contributed by atoms with van der Waals surface area (Å²) >= 11 is 0. The molecule has 0 radical (unpaired) electrons. The molecular weight excluding hydrogens is 207 g/mol. The predicted octanol–water partition coefficient (Wildman–Crippen LogP) is 1.35. The number of benzene rings is 1. The summed E-state index contributed by atoms with van der Waals surface area (Å²) in [7, 11) is 0. The summed E-state index contributed by atoms with van der Waals surface area (Å²) in [6.07, 6.45) is 1.55. The van der Waals surface area contributed by atoms with Crippen molar-refractivity contribution in [1.82, 2.24) is 5.32 Å². The Balaban J connectivity index is 2.05. The first-order chi connectivity index (χ1) is 7.56. The van der Waals surface area contributed by atoms with E-state index in [1.54, 1.807) is 12.1 Å². The molecule has 1 fully saturated rings. The molecule has 0 aromatic heterocycles. The van der Waals surface area contributed by atoms with Crippen molar-refractivity contribution >= 4 is 5.91 Å². The minimum absolute atomic E-state index is 0.0995. The minimum atomic E-state index is -0.480. The molecule has 86 valence electrons. The molecule has 2 rings (SSSR count). The molecule has 1 saturated carbocycles. The number of hydrogen-bond acceptors (Lipinski definition) is 2. The van der Waals surface area contributed by atoms with Gasteiger partial charge < -0.3 is 11.1 Å². The highest BCUT2D eigenvalue weighted by Gasteiger charge is 2.28. The first-order valence-electron chi connectivity index (χ1n) is 5.39. The number of nitrogens with two attached hydrogens (primary N) is 1. The normalized spacial score (nSPS) is 23.7. The first-order valence-corrected chi connectivity index (χ1v) is 5.39. The lowest BCUT2D eigenvalue weighted by atomic mass is 9.87. The molecule has 0 bridgehead atoms. The Morgan fingerprint density at radius 2 is 2.19 bits per heavy atom. The number of nitrogens with one attached hydrogen (secondary N) is 1. The lowest BCUT2D eigenvalue weighted by molar-refractivity contribution is 0.0906. The lowest BCUT2D eigenvalue weighted by Crippen LogP contribution is -2.50. The fourth-order valence-corrected chi connectivity index (χ4v) is 1.86. The molecule has 1 aromatic rings. The van der Waals surface area contributed by atoms with Crippen molar-refractivity contribution in [2.75, 3.05) is 0 Å². The van der Waals surface area contributed by atoms with E-state index in [-0.39, 0.29) is 23.6 Å². The number of aryl methyl sites for hydroxylation is 1. The van der Waals surface area contributed by atoms with Crippen LogP contribution in [0.2, 0.25) is 0 Å². The van der Waals surface area contributed by atoms with E-state index in [0.717, 1.165) is 18.4 Å². The fraction of sp³-hybridized carbons (Fsp3) is 0.417. The average Bonchev–Trinajstić information content (AvgIpc) is 2.19. The number of hydrogen-bond donors (Lipinski definition) is 2. The summed E-state index contributed by atoms with van der Waals surface area (Å²) in [5.41, 5.74) is 6.60. The van der Waals surface area contributed by atoms with E-state index < -0.39 is 5.82 Å². The Morgan fingerprint density at radius 3 is 2.81 bits per heavy atom. The summed E-state index contributed by atoms with van der Waals surface area (Å²) in [4.78, 5) is 11.7. The van der Waals surface area contributed by atoms with Crippen molar-refractivity contribution in [3.05, 3.63) is 35.1 Å². The van der Waals surface area contributed by atoms with E-state index in [2.05, 4.69) is 5.32 Å². The molecule has 0 atom stereocenters. The summed E-state index contributed by atoms with van der Waals surface area (Å²) in [6.45, 7) is 1.83. The summed E-state index contributed by atoms with van der Waals surface area (Å²) in [6, 6.07) is 4.79. The summed E-state index contributed by atoms with van der Waals surface area (Å²) < 4.78 is 13.4. The Morgan fingerprint density at radius 1 is 1.50 bits per heavy atom. The molecule has 0 spiro atoms. The van der Waals surface area contributed by atoms with Crippen LogP contribution in [0.1, 0.15) is 28.8 Å². The maximum absolute atomic E-state index is 13.4. The van der Waals surface area contributed by atoms with Gasteiger partial charge in [0.25, 0.3) is 5.91 Å². The highest BCUT2D eigenvalue weighted by molar-refractivity contribution is 5.94. The van der Waals surface area contributed by atoms with Crippen LogP contribution in [0.4, 0.5) is 4.39 Å². The van der Waals surface area contributed by atoms with Gasteiger partial charge in [0, 0.05) is 12.1 Å². The number of carbonyl (C=O) groups is 1. The van der Waals surface area contributed by atoms with E-state index in [9.17, 15) is 9.18 Å². The molecule has 16 heavy (non-hydrogen) atoms. The third-order valence-corrected chi connectivity index (χ3v) is 2.88. The van der Waals surface area contributed by atoms with E-state index in [1.807, 2.05) is 6.92 Å². The van der Waals surface area contributed by atoms with Gasteiger partial charge in [-0.1, -0.05) is 11.6 Å². The summed E-state index contributed by atoms with van der Waals surface area (Å²) in [5.74, 6) is -0.829. The third-order valence-electron chi connectivity index (χ3n) is 2.88. The Bertz CT molecular complexity index is 413. The van der Waals surface area contributed by atoms with Gasteiger partial charge in [0.05, 0.1) is 5.56 Å². The zero-order chi connectivity index (χ0) is 11.7. The number of amides is 1. The number of halogens is 1. The second-order valence-corrected chi connectivity index (χ2v) is 4.39. The highest BCUT2D eigenvalue weighted by atomic mass is 19.1. The molecular formula is C12H15FN2O. The van der Waals surface area contributed by atoms with Crippen molar-refractivity contribution in [3.8, 4) is 0 Å². The third kappa shape index (κ3) is 2.22. The molecule has 0 saturated heterocycles. The summed E-state index contributed by atoms with van der Waals surface area (Å²) in [5, 5.41) is 2.77. The van der Waals surface area contributed by atoms with Gasteiger partial charge in [-0.15, -0.1) is 0 Å². The van der Waals surface area contributed by atoms with Gasteiger partial charge in [-0.05, 0) is 31.9 Å². The quantitative estimate of drug-likeness (QED) is 0.793. The van der Waals surface area contributed by atoms with Gasteiger partial charge in [-0.3, -0.25) is 4.79 Å². The van der Waals surface area contributed by atoms with E-state index in [4.69, 9.17) is 5.73 Å². The van der Waals surface area contributed by atoms with E-state index >= 15 is 0 Å². The highest BCUT2D eigenvalue weighted by Crippen LogP contribution is 2.18. The predicted molar refractivity (Wildman–Crippen MR) is 59.6 cm³/mol. The molecule has 3 nitrogen and oxygen atoms in total. The molecule has 1 aliphatic rings. The SMILES string of the molecule is Cc1ccc(F)c(C(=O)NC2CC(N)C2)c1. The zero-order valence-corrected chi connectivity index (χ0v) is 9.16. The number of carbonyl (C=O) groups excluding carboxylic acids is 1. The molecule has 1 amide bonds. The van der Waals surface area contributed by atoms with Gasteiger partial charge in [0.2, 0.25) is 0 Å². The topological polar surface area (TPSA) is 55.1 Å². The van der Waals surface area contributed by atoms with Crippen LogP contribution >= 0.6 is 0 Å². The standard InChI is InChI=1S/C12H15FN2O/c1-7-2-3-11(13)10(4-7)12(16)15-9-5-8(14)6-9/h2-4,8-9H,5-6,14H2,1H3,(H,15,16). The van der Waals surface area contributed by atoms with Gasteiger partial charge >= 0.3 is 0 Å². The molecule has 0 heterocycles. The van der Waals surface area contributed by atoms with Crippen molar-refractivity contribution in [2.24, 2.45) is 5.73 Å². The van der Waals surface area contributed by atoms with Crippen LogP contribution in [-0.4, -0.2) is 18.0 Å². The molecule has 3 N–H and O–H groups in total. The molecule has 0 unspecified atom stereocenters.